The number of methoxy groups -OCH3 is 1. The van der Waals surface area contributed by atoms with Gasteiger partial charge in [0.25, 0.3) is 0 Å². The van der Waals surface area contributed by atoms with Gasteiger partial charge in [-0.3, -0.25) is 0 Å². The van der Waals surface area contributed by atoms with Gasteiger partial charge in [-0.2, -0.15) is 0 Å². The zero-order valence-electron chi connectivity index (χ0n) is 18.0. The summed E-state index contributed by atoms with van der Waals surface area (Å²) < 4.78 is 4.80. The molecule has 0 radical (unpaired) electrons. The lowest BCUT2D eigenvalue weighted by Gasteiger charge is -2.30. The summed E-state index contributed by atoms with van der Waals surface area (Å²) in [7, 11) is 1.40. The molecule has 0 saturated heterocycles. The van der Waals surface area contributed by atoms with Crippen molar-refractivity contribution in [2.24, 2.45) is 0 Å². The van der Waals surface area contributed by atoms with Crippen molar-refractivity contribution in [2.45, 2.75) is 59.3 Å². The topological polar surface area (TPSA) is 29.5 Å². The number of hydrogen-bond donors (Lipinski definition) is 0. The molecule has 0 heterocycles. The molecule has 0 N–H and O–H groups in total. The molecule has 2 aromatic carbocycles. The van der Waals surface area contributed by atoms with E-state index in [1.165, 1.54) is 23.9 Å². The van der Waals surface area contributed by atoms with Gasteiger partial charge in [-0.1, -0.05) is 47.6 Å². The Kier molecular flexibility index (Phi) is 6.04. The minimum Gasteiger partial charge on any atom is -0.465 e. The molecule has 0 aromatic heterocycles. The van der Waals surface area contributed by atoms with E-state index in [0.717, 1.165) is 12.2 Å². The van der Waals surface area contributed by atoms with Crippen molar-refractivity contribution in [2.75, 3.05) is 18.6 Å². The highest BCUT2D eigenvalue weighted by molar-refractivity contribution is 5.89. The van der Waals surface area contributed by atoms with Crippen molar-refractivity contribution in [1.82, 2.24) is 0 Å². The Hall–Kier alpha value is -2.29. The van der Waals surface area contributed by atoms with Crippen molar-refractivity contribution in [3.8, 4) is 0 Å². The molecule has 0 aliphatic carbocycles. The van der Waals surface area contributed by atoms with Gasteiger partial charge in [-0.15, -0.1) is 0 Å². The van der Waals surface area contributed by atoms with Crippen LogP contribution in [-0.2, 0) is 15.6 Å². The van der Waals surface area contributed by atoms with Crippen molar-refractivity contribution >= 4 is 17.3 Å². The summed E-state index contributed by atoms with van der Waals surface area (Å²) in [6.07, 6.45) is 0. The van der Waals surface area contributed by atoms with Crippen LogP contribution in [0.1, 0.15) is 70.0 Å². The molecule has 0 saturated carbocycles. The summed E-state index contributed by atoms with van der Waals surface area (Å²) in [4.78, 5) is 14.0. The largest absolute Gasteiger partial charge is 0.465 e. The molecule has 2 rings (SSSR count). The third-order valence-corrected chi connectivity index (χ3v) is 4.88. The average Bonchev–Trinajstić information content (AvgIpc) is 2.60. The number of ether oxygens (including phenoxy) is 1. The van der Waals surface area contributed by atoms with Gasteiger partial charge in [-0.05, 0) is 65.3 Å². The first-order chi connectivity index (χ1) is 12.5. The van der Waals surface area contributed by atoms with Crippen LogP contribution in [0.25, 0.3) is 0 Å². The van der Waals surface area contributed by atoms with Gasteiger partial charge >= 0.3 is 5.97 Å². The number of carbonyl (C=O) groups excluding carboxylic acids is 1. The minimum atomic E-state index is -0.311. The Labute approximate surface area is 164 Å². The van der Waals surface area contributed by atoms with Crippen LogP contribution in [0, 0.1) is 0 Å². The molecule has 3 heteroatoms. The zero-order valence-corrected chi connectivity index (χ0v) is 18.0. The third-order valence-electron chi connectivity index (χ3n) is 4.88. The molecule has 0 spiro atoms. The van der Waals surface area contributed by atoms with Gasteiger partial charge in [0.05, 0.1) is 12.7 Å². The highest BCUT2D eigenvalue weighted by Crippen LogP contribution is 2.35. The maximum absolute atomic E-state index is 11.7. The van der Waals surface area contributed by atoms with Crippen LogP contribution >= 0.6 is 0 Å². The molecule has 3 nitrogen and oxygen atoms in total. The third kappa shape index (κ3) is 4.91. The lowest BCUT2D eigenvalue weighted by Crippen LogP contribution is -2.21. The Bertz CT molecular complexity index is 760. The zero-order chi connectivity index (χ0) is 20.4. The maximum atomic E-state index is 11.7. The number of carbonyl (C=O) groups is 1. The fourth-order valence-electron chi connectivity index (χ4n) is 3.04. The second-order valence-electron chi connectivity index (χ2n) is 9.05. The van der Waals surface area contributed by atoms with E-state index < -0.39 is 0 Å². The van der Waals surface area contributed by atoms with Gasteiger partial charge in [0.1, 0.15) is 0 Å². The van der Waals surface area contributed by atoms with E-state index in [0.29, 0.717) is 5.56 Å². The smallest absolute Gasteiger partial charge is 0.337 e. The molecule has 27 heavy (non-hydrogen) atoms. The number of esters is 1. The number of benzene rings is 2. The van der Waals surface area contributed by atoms with E-state index >= 15 is 0 Å². The predicted molar refractivity (Wildman–Crippen MR) is 114 cm³/mol. The Morgan fingerprint density at radius 3 is 1.70 bits per heavy atom. The standard InChI is InChI=1S/C24H33NO2/c1-9-25(20-12-10-17(11-13-20)22(26)27-8)21-15-18(23(2,3)4)14-19(16-21)24(5,6)7/h10-16H,9H2,1-8H3. The molecular formula is C24H33NO2. The first kappa shape index (κ1) is 21.0. The van der Waals surface area contributed by atoms with Crippen molar-refractivity contribution in [3.05, 3.63) is 59.2 Å². The number of rotatable bonds is 4. The van der Waals surface area contributed by atoms with Crippen LogP contribution in [0.4, 0.5) is 11.4 Å². The summed E-state index contributed by atoms with van der Waals surface area (Å²) in [6.45, 7) is 16.5. The quantitative estimate of drug-likeness (QED) is 0.600. The van der Waals surface area contributed by atoms with Crippen molar-refractivity contribution in [1.29, 1.82) is 0 Å². The Morgan fingerprint density at radius 2 is 1.33 bits per heavy atom. The second kappa shape index (κ2) is 7.75. The molecule has 0 aliphatic heterocycles. The molecule has 0 unspecified atom stereocenters. The Morgan fingerprint density at radius 1 is 0.852 bits per heavy atom. The molecule has 2 aromatic rings. The average molecular weight is 368 g/mol. The maximum Gasteiger partial charge on any atom is 0.337 e. The normalized spacial score (nSPS) is 12.0. The summed E-state index contributed by atoms with van der Waals surface area (Å²) in [5.41, 5.74) is 5.62. The Balaban J connectivity index is 2.54. The van der Waals surface area contributed by atoms with E-state index in [-0.39, 0.29) is 16.8 Å². The van der Waals surface area contributed by atoms with Crippen molar-refractivity contribution < 1.29 is 9.53 Å². The van der Waals surface area contributed by atoms with Gasteiger partial charge in [-0.25, -0.2) is 4.79 Å². The molecular weight excluding hydrogens is 334 g/mol. The highest BCUT2D eigenvalue weighted by atomic mass is 16.5. The lowest BCUT2D eigenvalue weighted by atomic mass is 9.80. The molecule has 0 amide bonds. The fourth-order valence-corrected chi connectivity index (χ4v) is 3.04. The monoisotopic (exact) mass is 367 g/mol. The van der Waals surface area contributed by atoms with E-state index in [2.05, 4.69) is 71.6 Å². The van der Waals surface area contributed by atoms with Gasteiger partial charge < -0.3 is 9.64 Å². The summed E-state index contributed by atoms with van der Waals surface area (Å²) in [5, 5.41) is 0. The minimum absolute atomic E-state index is 0.0736. The van der Waals surface area contributed by atoms with Crippen molar-refractivity contribution in [3.63, 3.8) is 0 Å². The predicted octanol–water partition coefficient (Wildman–Crippen LogP) is 6.23. The molecule has 0 bridgehead atoms. The SMILES string of the molecule is CCN(c1ccc(C(=O)OC)cc1)c1cc(C(C)(C)C)cc(C(C)(C)C)c1. The highest BCUT2D eigenvalue weighted by Gasteiger charge is 2.22. The molecule has 0 aliphatic rings. The van der Waals surface area contributed by atoms with Crippen LogP contribution in [0.3, 0.4) is 0 Å². The summed E-state index contributed by atoms with van der Waals surface area (Å²) in [5.74, 6) is -0.311. The lowest BCUT2D eigenvalue weighted by molar-refractivity contribution is 0.0601. The van der Waals surface area contributed by atoms with Crippen LogP contribution in [0.2, 0.25) is 0 Å². The van der Waals surface area contributed by atoms with Crippen LogP contribution in [0.5, 0.6) is 0 Å². The first-order valence-electron chi connectivity index (χ1n) is 9.59. The van der Waals surface area contributed by atoms with Gasteiger partial charge in [0.15, 0.2) is 0 Å². The molecule has 0 fully saturated rings. The van der Waals surface area contributed by atoms with Gasteiger partial charge in [0.2, 0.25) is 0 Å². The van der Waals surface area contributed by atoms with Crippen LogP contribution < -0.4 is 4.90 Å². The van der Waals surface area contributed by atoms with E-state index in [1.54, 1.807) is 0 Å². The molecule has 146 valence electrons. The molecule has 0 atom stereocenters. The van der Waals surface area contributed by atoms with Crippen LogP contribution in [-0.4, -0.2) is 19.6 Å². The first-order valence-corrected chi connectivity index (χ1v) is 9.59. The van der Waals surface area contributed by atoms with E-state index in [9.17, 15) is 4.79 Å². The van der Waals surface area contributed by atoms with Gasteiger partial charge in [0, 0.05) is 17.9 Å². The number of nitrogens with zero attached hydrogens (tertiary/aromatic N) is 1. The van der Waals surface area contributed by atoms with E-state index in [1.807, 2.05) is 24.3 Å². The number of anilines is 2. The summed E-state index contributed by atoms with van der Waals surface area (Å²) in [6, 6.07) is 14.5. The summed E-state index contributed by atoms with van der Waals surface area (Å²) >= 11 is 0. The van der Waals surface area contributed by atoms with Crippen LogP contribution in [0.15, 0.2) is 42.5 Å². The van der Waals surface area contributed by atoms with E-state index in [4.69, 9.17) is 4.74 Å². The number of hydrogen-bond acceptors (Lipinski definition) is 3. The second-order valence-corrected chi connectivity index (χ2v) is 9.05. The fraction of sp³-hybridized carbons (Fsp3) is 0.458.